The average molecular weight is 367 g/mol. The van der Waals surface area contributed by atoms with Crippen molar-refractivity contribution in [2.24, 2.45) is 0 Å². The summed E-state index contributed by atoms with van der Waals surface area (Å²) in [5.74, 6) is -0.252. The molecule has 144 valence electrons. The van der Waals surface area contributed by atoms with Crippen molar-refractivity contribution in [3.8, 4) is 0 Å². The lowest BCUT2D eigenvalue weighted by Crippen LogP contribution is -2.39. The Hall–Kier alpha value is -2.17. The van der Waals surface area contributed by atoms with Gasteiger partial charge in [-0.25, -0.2) is 5.06 Å². The molecule has 1 aliphatic rings. The Morgan fingerprint density at radius 3 is 2.26 bits per heavy atom. The summed E-state index contributed by atoms with van der Waals surface area (Å²) in [5.41, 5.74) is 5.38. The molecule has 3 rings (SSSR count). The van der Waals surface area contributed by atoms with E-state index in [9.17, 15) is 10.0 Å². The number of carbonyl (C=O) groups excluding carboxylic acids is 1. The molecular formula is C23H30N2O2. The number of hydrogen-bond acceptors (Lipinski definition) is 3. The second kappa shape index (κ2) is 8.68. The van der Waals surface area contributed by atoms with E-state index < -0.39 is 0 Å². The van der Waals surface area contributed by atoms with Gasteiger partial charge in [-0.1, -0.05) is 48.0 Å². The molecule has 27 heavy (non-hydrogen) atoms. The highest BCUT2D eigenvalue weighted by Gasteiger charge is 2.27. The van der Waals surface area contributed by atoms with E-state index in [0.29, 0.717) is 6.54 Å². The summed E-state index contributed by atoms with van der Waals surface area (Å²) in [6.45, 7) is 8.85. The predicted molar refractivity (Wildman–Crippen MR) is 108 cm³/mol. The van der Waals surface area contributed by atoms with E-state index in [1.165, 1.54) is 18.4 Å². The minimum Gasteiger partial charge on any atom is -0.301 e. The van der Waals surface area contributed by atoms with Crippen molar-refractivity contribution >= 4 is 5.91 Å². The molecule has 1 heterocycles. The monoisotopic (exact) mass is 366 g/mol. The van der Waals surface area contributed by atoms with E-state index in [1.54, 1.807) is 0 Å². The number of hydrogen-bond donors (Lipinski definition) is 1. The molecule has 0 aliphatic carbocycles. The van der Waals surface area contributed by atoms with Gasteiger partial charge in [0.1, 0.15) is 0 Å². The molecule has 1 aliphatic heterocycles. The number of nitrogens with zero attached hydrogens (tertiary/aromatic N) is 2. The summed E-state index contributed by atoms with van der Waals surface area (Å²) in [4.78, 5) is 15.3. The van der Waals surface area contributed by atoms with Crippen LogP contribution < -0.4 is 0 Å². The van der Waals surface area contributed by atoms with E-state index in [0.717, 1.165) is 40.4 Å². The number of rotatable bonds is 6. The first kappa shape index (κ1) is 19.6. The summed E-state index contributed by atoms with van der Waals surface area (Å²) in [5, 5.41) is 11.8. The Kier molecular flexibility index (Phi) is 6.30. The van der Waals surface area contributed by atoms with Gasteiger partial charge in [-0.3, -0.25) is 10.0 Å². The molecule has 1 N–H and O–H groups in total. The number of benzene rings is 2. The third-order valence-corrected chi connectivity index (χ3v) is 5.53. The van der Waals surface area contributed by atoms with Gasteiger partial charge in [0.15, 0.2) is 0 Å². The molecule has 0 bridgehead atoms. The summed E-state index contributed by atoms with van der Waals surface area (Å²) in [6.07, 6.45) is 2.59. The van der Waals surface area contributed by atoms with Crippen LogP contribution in [0.15, 0.2) is 42.5 Å². The minimum atomic E-state index is -0.345. The van der Waals surface area contributed by atoms with Crippen LogP contribution >= 0.6 is 0 Å². The van der Waals surface area contributed by atoms with Crippen molar-refractivity contribution in [3.05, 3.63) is 70.3 Å². The smallest absolute Gasteiger partial charge is 0.250 e. The highest BCUT2D eigenvalue weighted by Crippen LogP contribution is 2.25. The van der Waals surface area contributed by atoms with Gasteiger partial charge in [-0.05, 0) is 69.0 Å². The van der Waals surface area contributed by atoms with Crippen LogP contribution in [-0.2, 0) is 11.2 Å². The Morgan fingerprint density at radius 1 is 1.07 bits per heavy atom. The van der Waals surface area contributed by atoms with Crippen molar-refractivity contribution < 1.29 is 10.0 Å². The molecule has 0 unspecified atom stereocenters. The van der Waals surface area contributed by atoms with Crippen molar-refractivity contribution in [1.82, 2.24) is 9.96 Å². The summed E-state index contributed by atoms with van der Waals surface area (Å²) in [7, 11) is 0. The normalized spacial score (nSPS) is 15.7. The van der Waals surface area contributed by atoms with E-state index in [-0.39, 0.29) is 18.4 Å². The Labute approximate surface area is 162 Å². The molecule has 1 fully saturated rings. The van der Waals surface area contributed by atoms with Gasteiger partial charge in [0.25, 0.3) is 5.91 Å². The first-order chi connectivity index (χ1) is 13.0. The maximum atomic E-state index is 12.9. The van der Waals surface area contributed by atoms with E-state index in [4.69, 9.17) is 0 Å². The lowest BCUT2D eigenvalue weighted by molar-refractivity contribution is -0.177. The zero-order valence-electron chi connectivity index (χ0n) is 16.6. The standard InChI is InChI=1S/C23H30N2O2/c1-17-13-18(2)21(19(3)14-17)15-23(26)25(27)22(16-24-11-7-8-12-24)20-9-5-4-6-10-20/h4-6,9-10,13-14,22,27H,7-8,11-12,15-16H2,1-3H3/t22-/m1/s1. The van der Waals surface area contributed by atoms with Crippen molar-refractivity contribution in [3.63, 3.8) is 0 Å². The molecular weight excluding hydrogens is 336 g/mol. The Morgan fingerprint density at radius 2 is 1.67 bits per heavy atom. The van der Waals surface area contributed by atoms with Gasteiger partial charge in [0, 0.05) is 6.54 Å². The highest BCUT2D eigenvalue weighted by atomic mass is 16.5. The zero-order chi connectivity index (χ0) is 19.4. The van der Waals surface area contributed by atoms with Gasteiger partial charge in [0.05, 0.1) is 12.5 Å². The predicted octanol–water partition coefficient (Wildman–Crippen LogP) is 4.21. The molecule has 2 aromatic rings. The zero-order valence-corrected chi connectivity index (χ0v) is 16.6. The van der Waals surface area contributed by atoms with E-state index in [1.807, 2.05) is 44.2 Å². The molecule has 1 amide bonds. The quantitative estimate of drug-likeness (QED) is 0.615. The third-order valence-electron chi connectivity index (χ3n) is 5.53. The molecule has 0 spiro atoms. The summed E-state index contributed by atoms with van der Waals surface area (Å²) >= 11 is 0. The molecule has 1 saturated heterocycles. The maximum absolute atomic E-state index is 12.9. The highest BCUT2D eigenvalue weighted by molar-refractivity contribution is 5.79. The van der Waals surface area contributed by atoms with Crippen molar-refractivity contribution in [2.45, 2.75) is 46.1 Å². The third kappa shape index (κ3) is 4.76. The fourth-order valence-electron chi connectivity index (χ4n) is 4.10. The lowest BCUT2D eigenvalue weighted by atomic mass is 9.96. The summed E-state index contributed by atoms with van der Waals surface area (Å²) < 4.78 is 0. The van der Waals surface area contributed by atoms with Crippen LogP contribution in [-0.4, -0.2) is 40.7 Å². The van der Waals surface area contributed by atoms with Crippen LogP contribution in [0.4, 0.5) is 0 Å². The number of likely N-dealkylation sites (tertiary alicyclic amines) is 1. The minimum absolute atomic E-state index is 0.220. The molecule has 1 atom stereocenters. The SMILES string of the molecule is Cc1cc(C)c(CC(=O)N(O)[C@H](CN2CCCC2)c2ccccc2)c(C)c1. The van der Waals surface area contributed by atoms with E-state index >= 15 is 0 Å². The lowest BCUT2D eigenvalue weighted by Gasteiger charge is -2.30. The van der Waals surface area contributed by atoms with Crippen LogP contribution in [0.3, 0.4) is 0 Å². The maximum Gasteiger partial charge on any atom is 0.250 e. The van der Waals surface area contributed by atoms with Crippen molar-refractivity contribution in [2.75, 3.05) is 19.6 Å². The fraction of sp³-hybridized carbons (Fsp3) is 0.435. The van der Waals surface area contributed by atoms with Crippen LogP contribution in [0.25, 0.3) is 0 Å². The van der Waals surface area contributed by atoms with Gasteiger partial charge in [0.2, 0.25) is 0 Å². The molecule has 0 aromatic heterocycles. The second-order valence-electron chi connectivity index (χ2n) is 7.73. The van der Waals surface area contributed by atoms with Gasteiger partial charge >= 0.3 is 0 Å². The van der Waals surface area contributed by atoms with Crippen LogP contribution in [0.2, 0.25) is 0 Å². The molecule has 4 nitrogen and oxygen atoms in total. The first-order valence-electron chi connectivity index (χ1n) is 9.80. The number of amides is 1. The molecule has 0 radical (unpaired) electrons. The number of carbonyl (C=O) groups is 1. The molecule has 4 heteroatoms. The van der Waals surface area contributed by atoms with Crippen molar-refractivity contribution in [1.29, 1.82) is 0 Å². The fourth-order valence-corrected chi connectivity index (χ4v) is 4.10. The Balaban J connectivity index is 1.80. The molecule has 0 saturated carbocycles. The van der Waals surface area contributed by atoms with Crippen LogP contribution in [0.5, 0.6) is 0 Å². The number of aryl methyl sites for hydroxylation is 3. The van der Waals surface area contributed by atoms with Crippen LogP contribution in [0.1, 0.15) is 46.7 Å². The molecule has 2 aromatic carbocycles. The second-order valence-corrected chi connectivity index (χ2v) is 7.73. The summed E-state index contributed by atoms with van der Waals surface area (Å²) in [6, 6.07) is 13.7. The van der Waals surface area contributed by atoms with Crippen LogP contribution in [0, 0.1) is 20.8 Å². The topological polar surface area (TPSA) is 43.8 Å². The Bertz CT molecular complexity index is 759. The first-order valence-corrected chi connectivity index (χ1v) is 9.80. The van der Waals surface area contributed by atoms with Gasteiger partial charge < -0.3 is 4.90 Å². The largest absolute Gasteiger partial charge is 0.301 e. The van der Waals surface area contributed by atoms with E-state index in [2.05, 4.69) is 24.0 Å². The number of hydroxylamine groups is 2. The average Bonchev–Trinajstić information content (AvgIpc) is 3.16. The van der Waals surface area contributed by atoms with Gasteiger partial charge in [-0.15, -0.1) is 0 Å². The van der Waals surface area contributed by atoms with Gasteiger partial charge in [-0.2, -0.15) is 0 Å².